The van der Waals surface area contributed by atoms with Crippen molar-refractivity contribution >= 4 is 29.2 Å². The van der Waals surface area contributed by atoms with Gasteiger partial charge < -0.3 is 15.5 Å². The molecule has 20 heavy (non-hydrogen) atoms. The Hall–Kier alpha value is -2.19. The maximum Gasteiger partial charge on any atom is 0.328 e. The molecule has 0 radical (unpaired) electrons. The minimum Gasteiger partial charge on any atom is -0.480 e. The van der Waals surface area contributed by atoms with Gasteiger partial charge in [0, 0.05) is 11.6 Å². The van der Waals surface area contributed by atoms with E-state index in [9.17, 15) is 24.8 Å². The normalized spacial score (nSPS) is 13.3. The second kappa shape index (κ2) is 6.31. The third kappa shape index (κ3) is 3.65. The minimum absolute atomic E-state index is 0.131. The third-order valence-electron chi connectivity index (χ3n) is 2.44. The quantitative estimate of drug-likeness (QED) is 0.545. The van der Waals surface area contributed by atoms with Gasteiger partial charge in [0.2, 0.25) is 0 Å². The van der Waals surface area contributed by atoms with Gasteiger partial charge in [0.1, 0.15) is 5.02 Å². The van der Waals surface area contributed by atoms with Crippen LogP contribution in [-0.4, -0.2) is 39.2 Å². The monoisotopic (exact) mass is 302 g/mol. The van der Waals surface area contributed by atoms with Crippen LogP contribution in [0, 0.1) is 10.1 Å². The largest absolute Gasteiger partial charge is 0.480 e. The van der Waals surface area contributed by atoms with E-state index in [-0.39, 0.29) is 10.6 Å². The molecule has 0 fully saturated rings. The Balaban J connectivity index is 3.01. The van der Waals surface area contributed by atoms with E-state index in [1.54, 1.807) is 0 Å². The van der Waals surface area contributed by atoms with Gasteiger partial charge in [-0.3, -0.25) is 14.9 Å². The molecule has 0 aliphatic rings. The second-order valence-electron chi connectivity index (χ2n) is 3.95. The summed E-state index contributed by atoms with van der Waals surface area (Å²) in [5, 5.41) is 30.7. The van der Waals surface area contributed by atoms with Crippen molar-refractivity contribution in [3.05, 3.63) is 38.9 Å². The Labute approximate surface area is 118 Å². The van der Waals surface area contributed by atoms with Gasteiger partial charge in [0.25, 0.3) is 11.6 Å². The molecule has 0 spiro atoms. The van der Waals surface area contributed by atoms with E-state index in [4.69, 9.17) is 16.7 Å². The molecular weight excluding hydrogens is 292 g/mol. The van der Waals surface area contributed by atoms with Gasteiger partial charge in [-0.1, -0.05) is 11.6 Å². The number of benzene rings is 1. The number of aliphatic hydroxyl groups is 1. The molecule has 0 saturated heterocycles. The molecule has 1 aromatic rings. The minimum atomic E-state index is -1.52. The lowest BCUT2D eigenvalue weighted by atomic mass is 10.1. The van der Waals surface area contributed by atoms with Crippen LogP contribution in [-0.2, 0) is 4.79 Å². The highest BCUT2D eigenvalue weighted by Crippen LogP contribution is 2.25. The number of amides is 1. The second-order valence-corrected chi connectivity index (χ2v) is 4.36. The Kier molecular flexibility index (Phi) is 5.00. The van der Waals surface area contributed by atoms with Gasteiger partial charge >= 0.3 is 5.97 Å². The molecule has 0 heterocycles. The lowest BCUT2D eigenvalue weighted by Crippen LogP contribution is -2.47. The molecule has 2 unspecified atom stereocenters. The maximum atomic E-state index is 11.8. The van der Waals surface area contributed by atoms with Crippen molar-refractivity contribution in [3.8, 4) is 0 Å². The van der Waals surface area contributed by atoms with Crippen molar-refractivity contribution in [1.82, 2.24) is 5.32 Å². The Morgan fingerprint density at radius 1 is 1.45 bits per heavy atom. The number of hydrogen-bond acceptors (Lipinski definition) is 5. The van der Waals surface area contributed by atoms with Crippen LogP contribution in [0.5, 0.6) is 0 Å². The van der Waals surface area contributed by atoms with Crippen LogP contribution in [0.15, 0.2) is 18.2 Å². The van der Waals surface area contributed by atoms with Crippen molar-refractivity contribution in [1.29, 1.82) is 0 Å². The molecule has 1 amide bonds. The van der Waals surface area contributed by atoms with Crippen molar-refractivity contribution in [2.24, 2.45) is 0 Å². The summed E-state index contributed by atoms with van der Waals surface area (Å²) < 4.78 is 0. The molecule has 0 saturated carbocycles. The number of carbonyl (C=O) groups is 2. The molecule has 8 nitrogen and oxygen atoms in total. The maximum absolute atomic E-state index is 11.8. The molecular formula is C11H11ClN2O6. The van der Waals surface area contributed by atoms with Gasteiger partial charge in [-0.15, -0.1) is 0 Å². The van der Waals surface area contributed by atoms with Gasteiger partial charge in [-0.2, -0.15) is 0 Å². The van der Waals surface area contributed by atoms with Gasteiger partial charge in [-0.05, 0) is 19.1 Å². The molecule has 3 N–H and O–H groups in total. The average Bonchev–Trinajstić information content (AvgIpc) is 2.34. The summed E-state index contributed by atoms with van der Waals surface area (Å²) in [6.45, 7) is 1.20. The van der Waals surface area contributed by atoms with Crippen LogP contribution >= 0.6 is 11.6 Å². The third-order valence-corrected chi connectivity index (χ3v) is 2.76. The summed E-state index contributed by atoms with van der Waals surface area (Å²) in [6.07, 6.45) is -1.32. The number of nitro benzene ring substituents is 1. The zero-order chi connectivity index (χ0) is 15.4. The molecule has 0 bridgehead atoms. The number of nitro groups is 1. The highest BCUT2D eigenvalue weighted by molar-refractivity contribution is 6.32. The first-order chi connectivity index (χ1) is 9.23. The lowest BCUT2D eigenvalue weighted by molar-refractivity contribution is -0.384. The average molecular weight is 303 g/mol. The standard InChI is InChI=1S/C11H11ClN2O6/c1-5(15)9(11(17)18)13-10(16)6-2-3-7(12)8(4-6)14(19)20/h2-5,9,15H,1H3,(H,13,16)(H,17,18). The molecule has 2 atom stereocenters. The smallest absolute Gasteiger partial charge is 0.328 e. The highest BCUT2D eigenvalue weighted by atomic mass is 35.5. The summed E-state index contributed by atoms with van der Waals surface area (Å²) >= 11 is 5.60. The van der Waals surface area contributed by atoms with Crippen molar-refractivity contribution < 1.29 is 24.7 Å². The first kappa shape index (κ1) is 15.9. The summed E-state index contributed by atoms with van der Waals surface area (Å²) in [6, 6.07) is 1.79. The fraction of sp³-hybridized carbons (Fsp3) is 0.273. The molecule has 1 rings (SSSR count). The molecule has 108 valence electrons. The predicted molar refractivity (Wildman–Crippen MR) is 68.7 cm³/mol. The van der Waals surface area contributed by atoms with Gasteiger partial charge in [-0.25, -0.2) is 4.79 Å². The number of carboxylic acids is 1. The van der Waals surface area contributed by atoms with Crippen LogP contribution < -0.4 is 5.32 Å². The van der Waals surface area contributed by atoms with E-state index < -0.39 is 34.6 Å². The Bertz CT molecular complexity index is 560. The van der Waals surface area contributed by atoms with Crippen LogP contribution in [0.4, 0.5) is 5.69 Å². The van der Waals surface area contributed by atoms with Crippen LogP contribution in [0.3, 0.4) is 0 Å². The summed E-state index contributed by atoms with van der Waals surface area (Å²) in [4.78, 5) is 32.6. The van der Waals surface area contributed by atoms with E-state index in [1.807, 2.05) is 0 Å². The van der Waals surface area contributed by atoms with Crippen molar-refractivity contribution in [2.75, 3.05) is 0 Å². The van der Waals surface area contributed by atoms with E-state index in [1.165, 1.54) is 13.0 Å². The first-order valence-corrected chi connectivity index (χ1v) is 5.77. The van der Waals surface area contributed by atoms with E-state index in [0.717, 1.165) is 12.1 Å². The molecule has 0 aliphatic heterocycles. The first-order valence-electron chi connectivity index (χ1n) is 5.39. The SMILES string of the molecule is CC(O)C(NC(=O)c1ccc(Cl)c([N+](=O)[O-])c1)C(=O)O. The van der Waals surface area contributed by atoms with E-state index in [2.05, 4.69) is 5.32 Å². The van der Waals surface area contributed by atoms with Crippen LogP contribution in [0.25, 0.3) is 0 Å². The zero-order valence-corrected chi connectivity index (χ0v) is 11.0. The van der Waals surface area contributed by atoms with Crippen molar-refractivity contribution in [2.45, 2.75) is 19.1 Å². The van der Waals surface area contributed by atoms with Crippen molar-refractivity contribution in [3.63, 3.8) is 0 Å². The van der Waals surface area contributed by atoms with Crippen LogP contribution in [0.2, 0.25) is 5.02 Å². The highest BCUT2D eigenvalue weighted by Gasteiger charge is 2.26. The van der Waals surface area contributed by atoms with Gasteiger partial charge in [0.05, 0.1) is 11.0 Å². The molecule has 9 heteroatoms. The van der Waals surface area contributed by atoms with Gasteiger partial charge in [0.15, 0.2) is 6.04 Å². The lowest BCUT2D eigenvalue weighted by Gasteiger charge is -2.16. The fourth-order valence-electron chi connectivity index (χ4n) is 1.41. The Morgan fingerprint density at radius 2 is 2.05 bits per heavy atom. The predicted octanol–water partition coefficient (Wildman–Crippen LogP) is 0.812. The number of rotatable bonds is 5. The number of hydrogen-bond donors (Lipinski definition) is 3. The van der Waals surface area contributed by atoms with Crippen LogP contribution in [0.1, 0.15) is 17.3 Å². The molecule has 0 aliphatic carbocycles. The fourth-order valence-corrected chi connectivity index (χ4v) is 1.59. The Morgan fingerprint density at radius 3 is 2.50 bits per heavy atom. The molecule has 1 aromatic carbocycles. The summed E-state index contributed by atoms with van der Waals surface area (Å²) in [5.41, 5.74) is -0.601. The number of carboxylic acid groups (broad SMARTS) is 1. The molecule has 0 aromatic heterocycles. The number of aliphatic hydroxyl groups excluding tert-OH is 1. The number of nitrogens with one attached hydrogen (secondary N) is 1. The zero-order valence-electron chi connectivity index (χ0n) is 10.2. The summed E-state index contributed by atoms with van der Waals surface area (Å²) in [5.74, 6) is -2.28. The van der Waals surface area contributed by atoms with E-state index >= 15 is 0 Å². The number of nitrogens with zero attached hydrogens (tertiary/aromatic N) is 1. The summed E-state index contributed by atoms with van der Waals surface area (Å²) in [7, 11) is 0. The number of halogens is 1. The van der Waals surface area contributed by atoms with E-state index in [0.29, 0.717) is 0 Å². The topological polar surface area (TPSA) is 130 Å². The number of carbonyl (C=O) groups excluding carboxylic acids is 1. The number of aliphatic carboxylic acids is 1.